The zero-order valence-corrected chi connectivity index (χ0v) is 16.0. The third-order valence-electron chi connectivity index (χ3n) is 3.89. The number of amides is 1. The van der Waals surface area contributed by atoms with E-state index in [4.69, 9.17) is 11.6 Å². The molecule has 3 aromatic rings. The van der Waals surface area contributed by atoms with Crippen molar-refractivity contribution in [3.8, 4) is 11.4 Å². The first-order chi connectivity index (χ1) is 13.2. The fourth-order valence-corrected chi connectivity index (χ4v) is 3.99. The highest BCUT2D eigenvalue weighted by atomic mass is 35.5. The van der Waals surface area contributed by atoms with Crippen LogP contribution in [0.15, 0.2) is 47.4 Å². The molecule has 1 amide bonds. The lowest BCUT2D eigenvalue weighted by molar-refractivity contribution is 0.0976. The summed E-state index contributed by atoms with van der Waals surface area (Å²) in [6.07, 6.45) is 0.325. The fourth-order valence-electron chi connectivity index (χ4n) is 2.52. The molecule has 0 aliphatic rings. The van der Waals surface area contributed by atoms with Crippen LogP contribution in [0.25, 0.3) is 11.4 Å². The summed E-state index contributed by atoms with van der Waals surface area (Å²) in [4.78, 5) is 19.2. The van der Waals surface area contributed by atoms with Gasteiger partial charge in [0.05, 0.1) is 5.02 Å². The Morgan fingerprint density at radius 1 is 1.18 bits per heavy atom. The topological polar surface area (TPSA) is 91.9 Å². The molecule has 1 heterocycles. The molecule has 0 aliphatic heterocycles. The van der Waals surface area contributed by atoms with E-state index >= 15 is 0 Å². The molecular weight excluding hydrogens is 412 g/mol. The number of H-pyrrole nitrogens is 1. The second kappa shape index (κ2) is 7.69. The van der Waals surface area contributed by atoms with Gasteiger partial charge in [-0.1, -0.05) is 30.7 Å². The number of aromatic nitrogens is 2. The van der Waals surface area contributed by atoms with Crippen molar-refractivity contribution in [3.05, 3.63) is 70.5 Å². The van der Waals surface area contributed by atoms with Gasteiger partial charge in [0.25, 0.3) is 15.9 Å². The van der Waals surface area contributed by atoms with E-state index in [0.717, 1.165) is 12.1 Å². The van der Waals surface area contributed by atoms with Crippen LogP contribution in [0, 0.1) is 11.6 Å². The molecule has 2 N–H and O–H groups in total. The Morgan fingerprint density at radius 2 is 1.89 bits per heavy atom. The van der Waals surface area contributed by atoms with Gasteiger partial charge in [-0.05, 0) is 36.8 Å². The fraction of sp³-hybridized carbons (Fsp3) is 0.111. The number of nitrogens with zero attached hydrogens (tertiary/aromatic N) is 1. The molecule has 0 fully saturated rings. The number of hydrogen-bond acceptors (Lipinski definition) is 4. The zero-order chi connectivity index (χ0) is 20.5. The predicted octanol–water partition coefficient (Wildman–Crippen LogP) is 3.69. The monoisotopic (exact) mass is 425 g/mol. The molecular formula is C18H14ClF2N3O3S. The van der Waals surface area contributed by atoms with Crippen LogP contribution in [0.5, 0.6) is 0 Å². The van der Waals surface area contributed by atoms with Gasteiger partial charge in [-0.15, -0.1) is 0 Å². The Balaban J connectivity index is 1.95. The molecule has 3 rings (SSSR count). The van der Waals surface area contributed by atoms with E-state index in [9.17, 15) is 22.0 Å². The largest absolute Gasteiger partial charge is 0.341 e. The molecule has 0 unspecified atom stereocenters. The van der Waals surface area contributed by atoms with Crippen molar-refractivity contribution < 1.29 is 22.0 Å². The molecule has 0 radical (unpaired) electrons. The van der Waals surface area contributed by atoms with Gasteiger partial charge in [0.15, 0.2) is 17.3 Å². The first-order valence-corrected chi connectivity index (χ1v) is 9.95. The molecule has 0 bridgehead atoms. The minimum Gasteiger partial charge on any atom is -0.341 e. The van der Waals surface area contributed by atoms with Crippen LogP contribution >= 0.6 is 11.6 Å². The van der Waals surface area contributed by atoms with Crippen LogP contribution < -0.4 is 4.72 Å². The minimum atomic E-state index is -4.23. The summed E-state index contributed by atoms with van der Waals surface area (Å²) in [5.41, 5.74) is 0.381. The average Bonchev–Trinajstić information content (AvgIpc) is 3.08. The highest BCUT2D eigenvalue weighted by Crippen LogP contribution is 2.23. The molecule has 146 valence electrons. The standard InChI is InChI=1S/C18H14ClF2N3O3S/c1-2-14-16(23-17(22-14)10-7-8-12(20)13(21)9-10)18(25)24-28(26,27)15-6-4-3-5-11(15)19/h3-9H,2H2,1H3,(H,22,23)(H,24,25). The number of halogens is 3. The van der Waals surface area contributed by atoms with Gasteiger partial charge < -0.3 is 4.98 Å². The van der Waals surface area contributed by atoms with E-state index in [1.807, 2.05) is 4.72 Å². The molecule has 0 spiro atoms. The number of nitrogens with one attached hydrogen (secondary N) is 2. The van der Waals surface area contributed by atoms with Crippen molar-refractivity contribution in [1.82, 2.24) is 14.7 Å². The normalized spacial score (nSPS) is 11.4. The maximum atomic E-state index is 13.5. The molecule has 6 nitrogen and oxygen atoms in total. The van der Waals surface area contributed by atoms with Gasteiger partial charge >= 0.3 is 0 Å². The van der Waals surface area contributed by atoms with Crippen LogP contribution in [0.3, 0.4) is 0 Å². The van der Waals surface area contributed by atoms with Crippen LogP contribution in [0.2, 0.25) is 5.02 Å². The number of carbonyl (C=O) groups excluding carboxylic acids is 1. The first kappa shape index (κ1) is 20.0. The van der Waals surface area contributed by atoms with E-state index < -0.39 is 27.6 Å². The van der Waals surface area contributed by atoms with Gasteiger partial charge in [-0.25, -0.2) is 26.9 Å². The summed E-state index contributed by atoms with van der Waals surface area (Å²) in [6, 6.07) is 8.82. The molecule has 0 saturated carbocycles. The lowest BCUT2D eigenvalue weighted by Gasteiger charge is -2.07. The highest BCUT2D eigenvalue weighted by Gasteiger charge is 2.25. The van der Waals surface area contributed by atoms with Crippen LogP contribution in [0.4, 0.5) is 8.78 Å². The van der Waals surface area contributed by atoms with Crippen molar-refractivity contribution >= 4 is 27.5 Å². The van der Waals surface area contributed by atoms with Crippen LogP contribution in [-0.2, 0) is 16.4 Å². The molecule has 10 heteroatoms. The van der Waals surface area contributed by atoms with E-state index in [1.54, 1.807) is 13.0 Å². The molecule has 0 atom stereocenters. The number of imidazole rings is 1. The average molecular weight is 426 g/mol. The smallest absolute Gasteiger partial charge is 0.285 e. The summed E-state index contributed by atoms with van der Waals surface area (Å²) in [5.74, 6) is -2.95. The van der Waals surface area contributed by atoms with Crippen LogP contribution in [-0.4, -0.2) is 24.3 Å². The number of sulfonamides is 1. The highest BCUT2D eigenvalue weighted by molar-refractivity contribution is 7.90. The molecule has 1 aromatic heterocycles. The van der Waals surface area contributed by atoms with Crippen molar-refractivity contribution in [2.24, 2.45) is 0 Å². The van der Waals surface area contributed by atoms with Gasteiger partial charge in [0.2, 0.25) is 0 Å². The molecule has 28 heavy (non-hydrogen) atoms. The third kappa shape index (κ3) is 3.90. The van der Waals surface area contributed by atoms with Gasteiger partial charge in [-0.3, -0.25) is 4.79 Å². The van der Waals surface area contributed by atoms with E-state index in [1.165, 1.54) is 24.3 Å². The minimum absolute atomic E-state index is 0.0389. The maximum absolute atomic E-state index is 13.5. The summed E-state index contributed by atoms with van der Waals surface area (Å²) in [7, 11) is -4.23. The van der Waals surface area contributed by atoms with Gasteiger partial charge in [0, 0.05) is 11.3 Å². The number of carbonyl (C=O) groups is 1. The summed E-state index contributed by atoms with van der Waals surface area (Å²) in [5, 5.41) is -0.0389. The van der Waals surface area contributed by atoms with Gasteiger partial charge in [0.1, 0.15) is 10.7 Å². The maximum Gasteiger partial charge on any atom is 0.285 e. The Kier molecular flexibility index (Phi) is 5.48. The Hall–Kier alpha value is -2.78. The zero-order valence-electron chi connectivity index (χ0n) is 14.5. The number of benzene rings is 2. The molecule has 0 aliphatic carbocycles. The van der Waals surface area contributed by atoms with Crippen LogP contribution in [0.1, 0.15) is 23.1 Å². The summed E-state index contributed by atoms with van der Waals surface area (Å²) < 4.78 is 53.4. The number of aryl methyl sites for hydroxylation is 1. The Labute approximate surface area is 164 Å². The molecule has 2 aromatic carbocycles. The third-order valence-corrected chi connectivity index (χ3v) is 5.72. The number of rotatable bonds is 5. The van der Waals surface area contributed by atoms with E-state index in [2.05, 4.69) is 9.97 Å². The second-order valence-corrected chi connectivity index (χ2v) is 7.82. The van der Waals surface area contributed by atoms with Crippen molar-refractivity contribution in [2.45, 2.75) is 18.2 Å². The lowest BCUT2D eigenvalue weighted by atomic mass is 10.2. The Bertz CT molecular complexity index is 1160. The Morgan fingerprint density at radius 3 is 2.54 bits per heavy atom. The van der Waals surface area contributed by atoms with Crippen molar-refractivity contribution in [1.29, 1.82) is 0 Å². The van der Waals surface area contributed by atoms with E-state index in [-0.39, 0.29) is 27.0 Å². The quantitative estimate of drug-likeness (QED) is 0.652. The predicted molar refractivity (Wildman–Crippen MR) is 99.4 cm³/mol. The number of aromatic amines is 1. The first-order valence-electron chi connectivity index (χ1n) is 8.09. The lowest BCUT2D eigenvalue weighted by Crippen LogP contribution is -2.31. The summed E-state index contributed by atoms with van der Waals surface area (Å²) in [6.45, 7) is 1.72. The number of hydrogen-bond donors (Lipinski definition) is 2. The van der Waals surface area contributed by atoms with Crippen molar-refractivity contribution in [3.63, 3.8) is 0 Å². The second-order valence-electron chi connectivity index (χ2n) is 5.76. The molecule has 0 saturated heterocycles. The summed E-state index contributed by atoms with van der Waals surface area (Å²) >= 11 is 5.89. The van der Waals surface area contributed by atoms with Crippen molar-refractivity contribution in [2.75, 3.05) is 0 Å². The SMILES string of the molecule is CCc1[nH]c(-c2ccc(F)c(F)c2)nc1C(=O)NS(=O)(=O)c1ccccc1Cl. The van der Waals surface area contributed by atoms with Gasteiger partial charge in [-0.2, -0.15) is 0 Å². The van der Waals surface area contributed by atoms with E-state index in [0.29, 0.717) is 12.1 Å².